The van der Waals surface area contributed by atoms with Crippen molar-refractivity contribution < 1.29 is 10.3 Å². The maximum Gasteiger partial charge on any atom is 0.227 e. The van der Waals surface area contributed by atoms with Gasteiger partial charge in [-0.1, -0.05) is 82.3 Å². The molecule has 22 heavy (non-hydrogen) atoms. The maximum absolute atomic E-state index is 11.0. The van der Waals surface area contributed by atoms with E-state index in [0.29, 0.717) is 21.2 Å². The number of halogens is 5. The van der Waals surface area contributed by atoms with Crippen molar-refractivity contribution in [3.05, 3.63) is 69.7 Å². The fraction of sp³-hybridized carbons (Fsp3) is 0.143. The Hall–Kier alpha value is -0.230. The normalized spacial score (nSPS) is 11.6. The second-order valence-corrected chi connectivity index (χ2v) is 7.38. The lowest BCUT2D eigenvalue weighted by Gasteiger charge is -2.35. The summed E-state index contributed by atoms with van der Waals surface area (Å²) in [5.41, 5.74) is -0.972. The van der Waals surface area contributed by atoms with Gasteiger partial charge in [-0.25, -0.2) is 5.90 Å². The molecule has 2 aromatic carbocycles. The van der Waals surface area contributed by atoms with Crippen LogP contribution in [-0.4, -0.2) is 14.1 Å². The van der Waals surface area contributed by atoms with Crippen LogP contribution < -0.4 is 5.90 Å². The Morgan fingerprint density at radius 1 is 0.682 bits per heavy atom. The van der Waals surface area contributed by atoms with Gasteiger partial charge in [-0.2, -0.15) is 0 Å². The highest BCUT2D eigenvalue weighted by Crippen LogP contribution is 2.49. The monoisotopic (exact) mass is 401 g/mol. The molecular weight excluding hydrogens is 391 g/mol. The highest BCUT2D eigenvalue weighted by Gasteiger charge is 2.49. The molecule has 0 aliphatic heterocycles. The summed E-state index contributed by atoms with van der Waals surface area (Å²) < 4.78 is -1.96. The fourth-order valence-corrected chi connectivity index (χ4v) is 2.78. The molecule has 0 saturated heterocycles. The summed E-state index contributed by atoms with van der Waals surface area (Å²) in [6.07, 6.45) is 0. The summed E-state index contributed by atoms with van der Waals surface area (Å²) >= 11 is 29.7. The van der Waals surface area contributed by atoms with Gasteiger partial charge in [0.25, 0.3) is 0 Å². The molecule has 0 saturated carbocycles. The molecule has 0 aromatic heterocycles. The second-order valence-electron chi connectivity index (χ2n) is 4.22. The van der Waals surface area contributed by atoms with E-state index in [2.05, 4.69) is 5.90 Å². The Balaban J connectivity index is 0.00000116. The standard InChI is InChI=1S/C14H9Cl5O.H3NO/c15-11-5-1-9(2-6-11)13(20,14(17,18)19)10-3-7-12(16)8-4-10;1-2/h1-8,20H;2H,1H2. The highest BCUT2D eigenvalue weighted by molar-refractivity contribution is 6.68. The zero-order valence-corrected chi connectivity index (χ0v) is 14.8. The number of benzene rings is 2. The first-order chi connectivity index (χ1) is 10.2. The summed E-state index contributed by atoms with van der Waals surface area (Å²) in [6.45, 7) is 0. The zero-order chi connectivity index (χ0) is 17.0. The van der Waals surface area contributed by atoms with Crippen LogP contribution in [0.15, 0.2) is 48.5 Å². The predicted molar refractivity (Wildman–Crippen MR) is 92.2 cm³/mol. The minimum atomic E-state index is -1.96. The van der Waals surface area contributed by atoms with Crippen LogP contribution in [0.5, 0.6) is 0 Å². The van der Waals surface area contributed by atoms with Crippen LogP contribution in [0.2, 0.25) is 10.0 Å². The van der Waals surface area contributed by atoms with Crippen molar-refractivity contribution in [1.82, 2.24) is 0 Å². The average Bonchev–Trinajstić information content (AvgIpc) is 2.49. The zero-order valence-electron chi connectivity index (χ0n) is 11.0. The second kappa shape index (κ2) is 8.04. The molecule has 0 bridgehead atoms. The quantitative estimate of drug-likeness (QED) is 0.492. The van der Waals surface area contributed by atoms with Gasteiger partial charge in [0.2, 0.25) is 3.79 Å². The van der Waals surface area contributed by atoms with Gasteiger partial charge < -0.3 is 10.3 Å². The van der Waals surface area contributed by atoms with E-state index < -0.39 is 9.39 Å². The van der Waals surface area contributed by atoms with Crippen molar-refractivity contribution >= 4 is 58.0 Å². The van der Waals surface area contributed by atoms with Gasteiger partial charge >= 0.3 is 0 Å². The molecule has 0 atom stereocenters. The van der Waals surface area contributed by atoms with E-state index in [1.807, 2.05) is 0 Å². The molecule has 0 radical (unpaired) electrons. The highest BCUT2D eigenvalue weighted by atomic mass is 35.6. The molecule has 0 aliphatic carbocycles. The summed E-state index contributed by atoms with van der Waals surface area (Å²) in [5.74, 6) is 3.50. The molecule has 4 N–H and O–H groups in total. The van der Waals surface area contributed by atoms with Crippen molar-refractivity contribution in [3.63, 3.8) is 0 Å². The van der Waals surface area contributed by atoms with E-state index in [1.165, 1.54) is 0 Å². The van der Waals surface area contributed by atoms with Crippen LogP contribution in [0.3, 0.4) is 0 Å². The van der Waals surface area contributed by atoms with Crippen LogP contribution in [0.25, 0.3) is 0 Å². The van der Waals surface area contributed by atoms with E-state index in [9.17, 15) is 5.11 Å². The van der Waals surface area contributed by atoms with Crippen LogP contribution in [0.1, 0.15) is 11.1 Å². The Labute approximate surface area is 153 Å². The minimum absolute atomic E-state index is 0.421. The van der Waals surface area contributed by atoms with Crippen molar-refractivity contribution in [1.29, 1.82) is 0 Å². The van der Waals surface area contributed by atoms with Gasteiger partial charge in [-0.3, -0.25) is 0 Å². The molecule has 0 spiro atoms. The number of nitrogens with two attached hydrogens (primary N) is 1. The Morgan fingerprint density at radius 3 is 1.18 bits per heavy atom. The Bertz CT molecular complexity index is 551. The van der Waals surface area contributed by atoms with Gasteiger partial charge in [-0.15, -0.1) is 0 Å². The lowest BCUT2D eigenvalue weighted by atomic mass is 9.87. The lowest BCUT2D eigenvalue weighted by Crippen LogP contribution is -2.41. The summed E-state index contributed by atoms with van der Waals surface area (Å²) in [4.78, 5) is 0. The maximum atomic E-state index is 11.0. The number of rotatable bonds is 2. The van der Waals surface area contributed by atoms with Gasteiger partial charge in [0, 0.05) is 10.0 Å². The molecule has 2 aromatic rings. The molecule has 0 fully saturated rings. The fourth-order valence-electron chi connectivity index (χ4n) is 1.88. The number of alkyl halides is 3. The average molecular weight is 404 g/mol. The third-order valence-corrected chi connectivity index (χ3v) is 4.26. The van der Waals surface area contributed by atoms with Crippen LogP contribution >= 0.6 is 58.0 Å². The first-order valence-electron chi connectivity index (χ1n) is 5.82. The molecule has 0 heterocycles. The molecule has 3 nitrogen and oxygen atoms in total. The van der Waals surface area contributed by atoms with E-state index in [4.69, 9.17) is 63.2 Å². The van der Waals surface area contributed by atoms with Crippen LogP contribution in [0, 0.1) is 0 Å². The predicted octanol–water partition coefficient (Wildman–Crippen LogP) is 4.93. The van der Waals surface area contributed by atoms with Gasteiger partial charge in [0.1, 0.15) is 0 Å². The van der Waals surface area contributed by atoms with Gasteiger partial charge in [-0.05, 0) is 35.4 Å². The summed E-state index contributed by atoms with van der Waals surface area (Å²) in [5, 5.41) is 18.5. The topological polar surface area (TPSA) is 66.5 Å². The smallest absolute Gasteiger partial charge is 0.227 e. The Kier molecular flexibility index (Phi) is 7.24. The molecule has 2 rings (SSSR count). The largest absolute Gasteiger partial charge is 0.376 e. The van der Waals surface area contributed by atoms with Gasteiger partial charge in [0.05, 0.1) is 0 Å². The summed E-state index contributed by atoms with van der Waals surface area (Å²) in [6, 6.07) is 12.9. The molecule has 8 heteroatoms. The molecule has 0 unspecified atom stereocenters. The first-order valence-corrected chi connectivity index (χ1v) is 7.71. The SMILES string of the molecule is NO.OC(c1ccc(Cl)cc1)(c1ccc(Cl)cc1)C(Cl)(Cl)Cl. The third kappa shape index (κ3) is 4.19. The lowest BCUT2D eigenvalue weighted by molar-refractivity contribution is 0.0850. The van der Waals surface area contributed by atoms with E-state index in [0.717, 1.165) is 0 Å². The number of hydrogen-bond donors (Lipinski definition) is 3. The Morgan fingerprint density at radius 2 is 0.955 bits per heavy atom. The molecule has 120 valence electrons. The third-order valence-electron chi connectivity index (χ3n) is 2.93. The molecule has 0 amide bonds. The van der Waals surface area contributed by atoms with Crippen LogP contribution in [0.4, 0.5) is 0 Å². The van der Waals surface area contributed by atoms with Crippen LogP contribution in [-0.2, 0) is 5.60 Å². The van der Waals surface area contributed by atoms with E-state index in [1.54, 1.807) is 48.5 Å². The van der Waals surface area contributed by atoms with Crippen molar-refractivity contribution in [2.45, 2.75) is 9.39 Å². The summed E-state index contributed by atoms with van der Waals surface area (Å²) in [7, 11) is 0. The minimum Gasteiger partial charge on any atom is -0.376 e. The van der Waals surface area contributed by atoms with E-state index in [-0.39, 0.29) is 0 Å². The van der Waals surface area contributed by atoms with Crippen molar-refractivity contribution in [2.75, 3.05) is 0 Å². The van der Waals surface area contributed by atoms with Crippen molar-refractivity contribution in [2.24, 2.45) is 5.90 Å². The number of aliphatic hydroxyl groups is 1. The number of hydrogen-bond acceptors (Lipinski definition) is 3. The molecule has 0 aliphatic rings. The first kappa shape index (κ1) is 19.8. The van der Waals surface area contributed by atoms with Crippen molar-refractivity contribution in [3.8, 4) is 0 Å². The molecular formula is C14H12Cl5NO2. The van der Waals surface area contributed by atoms with Gasteiger partial charge in [0.15, 0.2) is 5.60 Å². The van der Waals surface area contributed by atoms with E-state index >= 15 is 0 Å².